The topological polar surface area (TPSA) is 12.0 Å². The van der Waals surface area contributed by atoms with Crippen LogP contribution in [0.2, 0.25) is 0 Å². The van der Waals surface area contributed by atoms with Crippen LogP contribution in [0.15, 0.2) is 12.3 Å². The molecule has 1 N–H and O–H groups in total. The minimum Gasteiger partial charge on any atom is -0.377 e. The summed E-state index contributed by atoms with van der Waals surface area (Å²) in [4.78, 5) is 0. The maximum absolute atomic E-state index is 12.6. The summed E-state index contributed by atoms with van der Waals surface area (Å²) in [5, 5.41) is 2.48. The van der Waals surface area contributed by atoms with Gasteiger partial charge in [0.25, 0.3) is 0 Å². The maximum Gasteiger partial charge on any atom is 0.408 e. The van der Waals surface area contributed by atoms with Crippen molar-refractivity contribution in [1.29, 1.82) is 0 Å². The lowest BCUT2D eigenvalue weighted by Crippen LogP contribution is -2.47. The van der Waals surface area contributed by atoms with Crippen molar-refractivity contribution in [2.24, 2.45) is 11.3 Å². The molecule has 0 rings (SSSR count). The fourth-order valence-electron chi connectivity index (χ4n) is 1.03. The van der Waals surface area contributed by atoms with Crippen LogP contribution >= 0.6 is 0 Å². The number of halogens is 3. The summed E-state index contributed by atoms with van der Waals surface area (Å²) in [7, 11) is 0. The van der Waals surface area contributed by atoms with E-state index in [1.54, 1.807) is 13.8 Å². The zero-order valence-electron chi connectivity index (χ0n) is 10.00. The zero-order valence-corrected chi connectivity index (χ0v) is 10.00. The number of alkyl halides is 3. The van der Waals surface area contributed by atoms with Gasteiger partial charge >= 0.3 is 6.18 Å². The first kappa shape index (κ1) is 14.3. The lowest BCUT2D eigenvalue weighted by molar-refractivity contribution is -0.163. The summed E-state index contributed by atoms with van der Waals surface area (Å²) in [5.41, 5.74) is 0.0526. The van der Waals surface area contributed by atoms with Crippen molar-refractivity contribution in [2.75, 3.05) is 0 Å². The first-order chi connectivity index (χ1) is 6.46. The first-order valence-electron chi connectivity index (χ1n) is 4.99. The van der Waals surface area contributed by atoms with Crippen molar-refractivity contribution < 1.29 is 13.2 Å². The van der Waals surface area contributed by atoms with E-state index in [0.29, 0.717) is 5.70 Å². The van der Waals surface area contributed by atoms with Crippen molar-refractivity contribution in [3.63, 3.8) is 0 Å². The van der Waals surface area contributed by atoms with Gasteiger partial charge in [0.05, 0.1) is 0 Å². The molecule has 0 aliphatic rings. The minimum atomic E-state index is -4.23. The highest BCUT2D eigenvalue weighted by Gasteiger charge is 2.42. The highest BCUT2D eigenvalue weighted by atomic mass is 19.4. The summed E-state index contributed by atoms with van der Waals surface area (Å²) in [6, 6.07) is -1.52. The molecule has 0 aliphatic heterocycles. The Kier molecular flexibility index (Phi) is 4.26. The van der Waals surface area contributed by atoms with Crippen molar-refractivity contribution in [2.45, 2.75) is 46.8 Å². The van der Waals surface area contributed by atoms with E-state index in [4.69, 9.17) is 0 Å². The predicted octanol–water partition coefficient (Wildman–Crippen LogP) is 3.72. The molecule has 0 aliphatic carbocycles. The second-order valence-corrected chi connectivity index (χ2v) is 5.14. The van der Waals surface area contributed by atoms with Crippen molar-refractivity contribution >= 4 is 0 Å². The quantitative estimate of drug-likeness (QED) is 0.768. The lowest BCUT2D eigenvalue weighted by atomic mass is 9.91. The third-order valence-electron chi connectivity index (χ3n) is 2.25. The largest absolute Gasteiger partial charge is 0.408 e. The number of rotatable bonds is 3. The highest BCUT2D eigenvalue weighted by molar-refractivity contribution is 5.05. The number of hydrogen-bond donors (Lipinski definition) is 1. The van der Waals surface area contributed by atoms with E-state index in [1.165, 1.54) is 0 Å². The molecule has 0 saturated heterocycles. The Bertz CT molecular complexity index is 223. The van der Waals surface area contributed by atoms with E-state index in [2.05, 4.69) is 11.9 Å². The van der Waals surface area contributed by atoms with Crippen LogP contribution in [0.1, 0.15) is 34.6 Å². The molecule has 0 aromatic carbocycles. The van der Waals surface area contributed by atoms with Crippen molar-refractivity contribution in [1.82, 2.24) is 5.32 Å². The molecule has 0 fully saturated rings. The van der Waals surface area contributed by atoms with Crippen LogP contribution < -0.4 is 5.32 Å². The number of nitrogens with one attached hydrogen (secondary N) is 1. The molecule has 0 aromatic rings. The van der Waals surface area contributed by atoms with Crippen LogP contribution in [0.25, 0.3) is 0 Å². The fraction of sp³-hybridized carbons (Fsp3) is 0.818. The molecule has 1 unspecified atom stereocenters. The van der Waals surface area contributed by atoms with Crippen LogP contribution in [0.3, 0.4) is 0 Å². The SMILES string of the molecule is C=C(NC(C(C)C)C(F)(F)F)C(C)(C)C. The highest BCUT2D eigenvalue weighted by Crippen LogP contribution is 2.29. The summed E-state index contributed by atoms with van der Waals surface area (Å²) < 4.78 is 37.8. The van der Waals surface area contributed by atoms with Gasteiger partial charge < -0.3 is 5.32 Å². The minimum absolute atomic E-state index is 0.363. The Morgan fingerprint density at radius 3 is 1.73 bits per heavy atom. The third kappa shape index (κ3) is 4.58. The molecule has 0 aromatic heterocycles. The molecule has 4 heteroatoms. The molecule has 0 saturated carbocycles. The second kappa shape index (κ2) is 4.45. The third-order valence-corrected chi connectivity index (χ3v) is 2.25. The average molecular weight is 223 g/mol. The Morgan fingerprint density at radius 2 is 1.53 bits per heavy atom. The van der Waals surface area contributed by atoms with Gasteiger partial charge in [-0.3, -0.25) is 0 Å². The molecule has 90 valence electrons. The summed E-state index contributed by atoms with van der Waals surface area (Å²) in [5.74, 6) is -0.510. The maximum atomic E-state index is 12.6. The predicted molar refractivity (Wildman–Crippen MR) is 56.4 cm³/mol. The van der Waals surface area contributed by atoms with Crippen LogP contribution in [-0.4, -0.2) is 12.2 Å². The normalized spacial score (nSPS) is 15.3. The van der Waals surface area contributed by atoms with Gasteiger partial charge in [0, 0.05) is 11.1 Å². The number of allylic oxidation sites excluding steroid dienone is 1. The van der Waals surface area contributed by atoms with Crippen molar-refractivity contribution in [3.8, 4) is 0 Å². The van der Waals surface area contributed by atoms with Crippen LogP contribution in [0.5, 0.6) is 0 Å². The van der Waals surface area contributed by atoms with Crippen LogP contribution in [0.4, 0.5) is 13.2 Å². The molecular formula is C11H20F3N. The van der Waals surface area contributed by atoms with E-state index >= 15 is 0 Å². The van der Waals surface area contributed by atoms with Gasteiger partial charge in [-0.1, -0.05) is 41.2 Å². The summed E-state index contributed by atoms with van der Waals surface area (Å²) in [6.07, 6.45) is -4.23. The Labute approximate surface area is 89.7 Å². The van der Waals surface area contributed by atoms with E-state index in [9.17, 15) is 13.2 Å². The summed E-state index contributed by atoms with van der Waals surface area (Å²) in [6.45, 7) is 12.2. The lowest BCUT2D eigenvalue weighted by Gasteiger charge is -2.31. The van der Waals surface area contributed by atoms with Gasteiger partial charge in [0.15, 0.2) is 0 Å². The molecule has 0 heterocycles. The monoisotopic (exact) mass is 223 g/mol. The zero-order chi connectivity index (χ0) is 12.4. The van der Waals surface area contributed by atoms with E-state index in [0.717, 1.165) is 0 Å². The molecular weight excluding hydrogens is 203 g/mol. The van der Waals surface area contributed by atoms with Gasteiger partial charge in [-0.05, 0) is 5.92 Å². The second-order valence-electron chi connectivity index (χ2n) is 5.14. The molecule has 0 spiro atoms. The average Bonchev–Trinajstić information content (AvgIpc) is 1.94. The van der Waals surface area contributed by atoms with Crippen molar-refractivity contribution in [3.05, 3.63) is 12.3 Å². The van der Waals surface area contributed by atoms with Gasteiger partial charge in [0.1, 0.15) is 6.04 Å². The van der Waals surface area contributed by atoms with E-state index < -0.39 is 18.1 Å². The molecule has 0 amide bonds. The van der Waals surface area contributed by atoms with Crippen LogP contribution in [-0.2, 0) is 0 Å². The number of hydrogen-bond acceptors (Lipinski definition) is 1. The molecule has 1 atom stereocenters. The smallest absolute Gasteiger partial charge is 0.377 e. The molecule has 0 bridgehead atoms. The fourth-order valence-corrected chi connectivity index (χ4v) is 1.03. The first-order valence-corrected chi connectivity index (χ1v) is 4.99. The van der Waals surface area contributed by atoms with Gasteiger partial charge in [0.2, 0.25) is 0 Å². The standard InChI is InChI=1S/C11H20F3N/c1-7(2)9(11(12,13)14)15-8(3)10(4,5)6/h7,9,15H,3H2,1-2,4-6H3. The van der Waals surface area contributed by atoms with Crippen LogP contribution in [0, 0.1) is 11.3 Å². The van der Waals surface area contributed by atoms with Gasteiger partial charge in [-0.25, -0.2) is 0 Å². The molecule has 0 radical (unpaired) electrons. The summed E-state index contributed by atoms with van der Waals surface area (Å²) >= 11 is 0. The van der Waals surface area contributed by atoms with Gasteiger partial charge in [-0.2, -0.15) is 13.2 Å². The Balaban J connectivity index is 4.66. The molecule has 15 heavy (non-hydrogen) atoms. The van der Waals surface area contributed by atoms with E-state index in [1.807, 2.05) is 20.8 Å². The van der Waals surface area contributed by atoms with E-state index in [-0.39, 0.29) is 5.41 Å². The Morgan fingerprint density at radius 1 is 1.13 bits per heavy atom. The Hall–Kier alpha value is -0.670. The molecule has 1 nitrogen and oxygen atoms in total. The van der Waals surface area contributed by atoms with Gasteiger partial charge in [-0.15, -0.1) is 0 Å².